The minimum absolute atomic E-state index is 0.162. The number of nitrogens with one attached hydrogen (secondary N) is 5. The zero-order valence-electron chi connectivity index (χ0n) is 31.3. The van der Waals surface area contributed by atoms with E-state index in [0.717, 1.165) is 75.6 Å². The van der Waals surface area contributed by atoms with Crippen LogP contribution < -0.4 is 26.6 Å². The van der Waals surface area contributed by atoms with Crippen LogP contribution in [0.4, 0.5) is 9.59 Å². The maximum absolute atomic E-state index is 12.8. The monoisotopic (exact) mass is 709 g/mol. The molecule has 11 heteroatoms. The lowest BCUT2D eigenvalue weighted by Crippen LogP contribution is -2.47. The van der Waals surface area contributed by atoms with Gasteiger partial charge in [0.05, 0.1) is 0 Å². The minimum Gasteiger partial charge on any atom is -0.445 e. The van der Waals surface area contributed by atoms with Crippen LogP contribution in [0.15, 0.2) is 60.7 Å². The highest BCUT2D eigenvalue weighted by Gasteiger charge is 2.23. The number of carbonyl (C=O) groups is 4. The molecule has 51 heavy (non-hydrogen) atoms. The van der Waals surface area contributed by atoms with Crippen LogP contribution in [0.2, 0.25) is 0 Å². The molecule has 2 aromatic carbocycles. The molecular formula is C40H63N5O6. The molecule has 0 spiro atoms. The quantitative estimate of drug-likeness (QED) is 0.0691. The first-order valence-electron chi connectivity index (χ1n) is 18.8. The lowest BCUT2D eigenvalue weighted by molar-refractivity contribution is -0.124. The van der Waals surface area contributed by atoms with Crippen LogP contribution in [0, 0.1) is 11.8 Å². The number of hydrogen-bond acceptors (Lipinski definition) is 7. The highest BCUT2D eigenvalue weighted by molar-refractivity contribution is 5.86. The van der Waals surface area contributed by atoms with Crippen LogP contribution in [0.25, 0.3) is 0 Å². The summed E-state index contributed by atoms with van der Waals surface area (Å²) in [5, 5.41) is 14.9. The third-order valence-corrected chi connectivity index (χ3v) is 8.22. The zero-order chi connectivity index (χ0) is 37.1. The number of alkyl carbamates (subject to hydrolysis) is 2. The number of ether oxygens (including phenoxy) is 2. The molecule has 0 aromatic heterocycles. The predicted octanol–water partition coefficient (Wildman–Crippen LogP) is 6.61. The van der Waals surface area contributed by atoms with Gasteiger partial charge in [-0.1, -0.05) is 114 Å². The van der Waals surface area contributed by atoms with E-state index < -0.39 is 24.3 Å². The van der Waals surface area contributed by atoms with Gasteiger partial charge in [0.1, 0.15) is 25.3 Å². The van der Waals surface area contributed by atoms with E-state index in [2.05, 4.69) is 26.6 Å². The zero-order valence-corrected chi connectivity index (χ0v) is 31.3. The summed E-state index contributed by atoms with van der Waals surface area (Å²) in [6, 6.07) is 17.7. The molecule has 2 aromatic rings. The molecular weight excluding hydrogens is 646 g/mol. The normalized spacial score (nSPS) is 12.2. The van der Waals surface area contributed by atoms with Crippen LogP contribution in [-0.2, 0) is 32.3 Å². The molecule has 0 aliphatic heterocycles. The Bertz CT molecular complexity index is 1150. The molecule has 2 atom stereocenters. The molecule has 0 heterocycles. The molecule has 11 nitrogen and oxygen atoms in total. The van der Waals surface area contributed by atoms with Gasteiger partial charge in [0.15, 0.2) is 0 Å². The first kappa shape index (κ1) is 43.0. The molecule has 4 amide bonds. The van der Waals surface area contributed by atoms with E-state index >= 15 is 0 Å². The van der Waals surface area contributed by atoms with Gasteiger partial charge in [0.25, 0.3) is 0 Å². The number of benzene rings is 2. The van der Waals surface area contributed by atoms with Gasteiger partial charge in [-0.3, -0.25) is 9.59 Å². The summed E-state index contributed by atoms with van der Waals surface area (Å²) in [7, 11) is 0. The number of hydrogen-bond donors (Lipinski definition) is 5. The highest BCUT2D eigenvalue weighted by atomic mass is 16.6. The van der Waals surface area contributed by atoms with E-state index in [1.165, 1.54) is 0 Å². The van der Waals surface area contributed by atoms with Gasteiger partial charge < -0.3 is 36.1 Å². The molecule has 0 aliphatic carbocycles. The number of carbonyl (C=O) groups excluding carboxylic acids is 4. The molecule has 0 radical (unpaired) electrons. The lowest BCUT2D eigenvalue weighted by Gasteiger charge is -2.20. The fourth-order valence-corrected chi connectivity index (χ4v) is 5.47. The van der Waals surface area contributed by atoms with Crippen LogP contribution >= 0.6 is 0 Å². The van der Waals surface area contributed by atoms with Crippen molar-refractivity contribution in [2.75, 3.05) is 26.2 Å². The minimum atomic E-state index is -0.622. The van der Waals surface area contributed by atoms with Gasteiger partial charge in [-0.15, -0.1) is 0 Å². The maximum atomic E-state index is 12.8. The Balaban J connectivity index is 1.46. The summed E-state index contributed by atoms with van der Waals surface area (Å²) in [6.45, 7) is 11.5. The van der Waals surface area contributed by atoms with Crippen molar-refractivity contribution < 1.29 is 28.7 Å². The molecule has 0 aliphatic rings. The van der Waals surface area contributed by atoms with Crippen molar-refractivity contribution in [3.05, 3.63) is 71.8 Å². The second kappa shape index (κ2) is 26.7. The molecule has 284 valence electrons. The topological polar surface area (TPSA) is 147 Å². The third-order valence-electron chi connectivity index (χ3n) is 8.22. The molecule has 2 rings (SSSR count). The lowest BCUT2D eigenvalue weighted by atomic mass is 10.0. The summed E-state index contributed by atoms with van der Waals surface area (Å²) in [5.41, 5.74) is 1.79. The van der Waals surface area contributed by atoms with Crippen molar-refractivity contribution in [2.24, 2.45) is 11.8 Å². The SMILES string of the molecule is CC(C)C[C@H](NC(=O)OCc1ccccc1)C(=O)NCCCCCCNCCCCCCNC(=O)[C@H](CC(C)C)NC(=O)OCc1ccccc1. The Morgan fingerprint density at radius 3 is 1.22 bits per heavy atom. The van der Waals surface area contributed by atoms with Crippen LogP contribution in [0.3, 0.4) is 0 Å². The van der Waals surface area contributed by atoms with E-state index in [4.69, 9.17) is 9.47 Å². The second-order valence-corrected chi connectivity index (χ2v) is 13.9. The van der Waals surface area contributed by atoms with E-state index in [1.807, 2.05) is 88.4 Å². The third kappa shape index (κ3) is 21.6. The van der Waals surface area contributed by atoms with E-state index in [0.29, 0.717) is 25.9 Å². The summed E-state index contributed by atoms with van der Waals surface area (Å²) >= 11 is 0. The number of amides is 4. The second-order valence-electron chi connectivity index (χ2n) is 13.9. The standard InChI is InChI=1S/C40H63N5O6/c1-31(2)27-35(44-39(48)50-29-33-19-11-9-12-20-33)37(46)42-25-17-7-5-15-23-41-24-16-6-8-18-26-43-38(47)36(28-32(3)4)45-40(49)51-30-34-21-13-10-14-22-34/h9-14,19-22,31-32,35-36,41H,5-8,15-18,23-30H2,1-4H3,(H,42,46)(H,43,47)(H,44,48)(H,45,49)/t35-,36-/m0/s1. The van der Waals surface area contributed by atoms with E-state index in [-0.39, 0.29) is 36.9 Å². The van der Waals surface area contributed by atoms with Crippen molar-refractivity contribution in [1.82, 2.24) is 26.6 Å². The summed E-state index contributed by atoms with van der Waals surface area (Å²) in [6.07, 6.45) is 8.07. The smallest absolute Gasteiger partial charge is 0.408 e. The van der Waals surface area contributed by atoms with Gasteiger partial charge in [0.2, 0.25) is 11.8 Å². The number of rotatable bonds is 26. The predicted molar refractivity (Wildman–Crippen MR) is 202 cm³/mol. The molecule has 0 saturated heterocycles. The molecule has 0 saturated carbocycles. The Morgan fingerprint density at radius 1 is 0.510 bits per heavy atom. The van der Waals surface area contributed by atoms with Crippen molar-refractivity contribution in [3.63, 3.8) is 0 Å². The fraction of sp³-hybridized carbons (Fsp3) is 0.600. The Morgan fingerprint density at radius 2 is 0.863 bits per heavy atom. The molecule has 5 N–H and O–H groups in total. The van der Waals surface area contributed by atoms with Gasteiger partial charge in [-0.2, -0.15) is 0 Å². The van der Waals surface area contributed by atoms with Crippen LogP contribution in [0.1, 0.15) is 103 Å². The highest BCUT2D eigenvalue weighted by Crippen LogP contribution is 2.09. The molecule has 0 unspecified atom stereocenters. The first-order valence-corrected chi connectivity index (χ1v) is 18.8. The summed E-state index contributed by atoms with van der Waals surface area (Å²) in [5.74, 6) is 0.149. The average Bonchev–Trinajstić information content (AvgIpc) is 3.11. The van der Waals surface area contributed by atoms with Crippen LogP contribution in [0.5, 0.6) is 0 Å². The van der Waals surface area contributed by atoms with E-state index in [9.17, 15) is 19.2 Å². The van der Waals surface area contributed by atoms with Crippen molar-refractivity contribution >= 4 is 24.0 Å². The van der Waals surface area contributed by atoms with Gasteiger partial charge in [0, 0.05) is 13.1 Å². The van der Waals surface area contributed by atoms with Crippen LogP contribution in [-0.4, -0.2) is 62.3 Å². The van der Waals surface area contributed by atoms with Gasteiger partial charge >= 0.3 is 12.2 Å². The fourth-order valence-electron chi connectivity index (χ4n) is 5.47. The van der Waals surface area contributed by atoms with Crippen molar-refractivity contribution in [3.8, 4) is 0 Å². The van der Waals surface area contributed by atoms with Crippen molar-refractivity contribution in [1.29, 1.82) is 0 Å². The van der Waals surface area contributed by atoms with Crippen molar-refractivity contribution in [2.45, 2.75) is 117 Å². The largest absolute Gasteiger partial charge is 0.445 e. The first-order chi connectivity index (χ1) is 24.6. The average molecular weight is 710 g/mol. The Labute approximate surface area is 305 Å². The maximum Gasteiger partial charge on any atom is 0.408 e. The summed E-state index contributed by atoms with van der Waals surface area (Å²) in [4.78, 5) is 50.1. The van der Waals surface area contributed by atoms with Gasteiger partial charge in [-0.25, -0.2) is 9.59 Å². The summed E-state index contributed by atoms with van der Waals surface area (Å²) < 4.78 is 10.6. The van der Waals surface area contributed by atoms with Gasteiger partial charge in [-0.05, 0) is 74.6 Å². The van der Waals surface area contributed by atoms with E-state index in [1.54, 1.807) is 0 Å². The number of unbranched alkanes of at least 4 members (excludes halogenated alkanes) is 6. The Hall–Kier alpha value is -4.12. The molecule has 0 bridgehead atoms. The Kier molecular flexibility index (Phi) is 22.5. The molecule has 0 fully saturated rings.